The molecule has 7 heteroatoms. The van der Waals surface area contributed by atoms with E-state index in [2.05, 4.69) is 32.2 Å². The molecule has 0 aliphatic carbocycles. The average molecular weight is 309 g/mol. The van der Waals surface area contributed by atoms with Gasteiger partial charge >= 0.3 is 0 Å². The van der Waals surface area contributed by atoms with Gasteiger partial charge in [-0.3, -0.25) is 0 Å². The lowest BCUT2D eigenvalue weighted by molar-refractivity contribution is 0.294. The van der Waals surface area contributed by atoms with Crippen molar-refractivity contribution in [1.82, 2.24) is 24.5 Å². The summed E-state index contributed by atoms with van der Waals surface area (Å²) < 4.78 is 1.71. The third-order valence-corrected chi connectivity index (χ3v) is 4.36. The molecule has 1 saturated heterocycles. The van der Waals surface area contributed by atoms with Crippen molar-refractivity contribution < 1.29 is 0 Å². The first-order valence-electron chi connectivity index (χ1n) is 7.47. The van der Waals surface area contributed by atoms with E-state index in [4.69, 9.17) is 11.6 Å². The van der Waals surface area contributed by atoms with Gasteiger partial charge in [0.1, 0.15) is 17.3 Å². The number of anilines is 1. The number of nitrogens with one attached hydrogen (secondary N) is 1. The third-order valence-electron chi connectivity index (χ3n) is 3.99. The number of aromatic nitrogens is 4. The standard InChI is InChI=1S/C14H21ClN6/c1-10(8-20-5-3-4-6-20)7-16-13-11(2)12(15)19-14-17-9-18-21(13)14/h9-10,16H,3-8H2,1-2H3. The second kappa shape index (κ2) is 6.15. The molecule has 21 heavy (non-hydrogen) atoms. The second-order valence-corrected chi connectivity index (χ2v) is 6.20. The fraction of sp³-hybridized carbons (Fsp3) is 0.643. The van der Waals surface area contributed by atoms with Crippen LogP contribution in [0.4, 0.5) is 5.82 Å². The number of fused-ring (bicyclic) bond motifs is 1. The Morgan fingerprint density at radius 3 is 2.90 bits per heavy atom. The van der Waals surface area contributed by atoms with Gasteiger partial charge in [0.2, 0.25) is 0 Å². The first-order chi connectivity index (χ1) is 10.1. The molecule has 3 heterocycles. The summed E-state index contributed by atoms with van der Waals surface area (Å²) in [7, 11) is 0. The van der Waals surface area contributed by atoms with E-state index in [0.717, 1.165) is 24.5 Å². The molecule has 1 unspecified atom stereocenters. The maximum Gasteiger partial charge on any atom is 0.255 e. The van der Waals surface area contributed by atoms with Gasteiger partial charge in [0.25, 0.3) is 5.78 Å². The first kappa shape index (κ1) is 14.5. The van der Waals surface area contributed by atoms with E-state index in [9.17, 15) is 0 Å². The highest BCUT2D eigenvalue weighted by Gasteiger charge is 2.16. The van der Waals surface area contributed by atoms with Crippen molar-refractivity contribution in [3.63, 3.8) is 0 Å². The van der Waals surface area contributed by atoms with E-state index in [-0.39, 0.29) is 0 Å². The Hall–Kier alpha value is -1.40. The molecule has 0 saturated carbocycles. The summed E-state index contributed by atoms with van der Waals surface area (Å²) in [5.41, 5.74) is 0.906. The predicted octanol–water partition coefficient (Wildman–Crippen LogP) is 2.23. The topological polar surface area (TPSA) is 58.4 Å². The average Bonchev–Trinajstić information content (AvgIpc) is 3.10. The van der Waals surface area contributed by atoms with Gasteiger partial charge in [-0.25, -0.2) is 0 Å². The van der Waals surface area contributed by atoms with Crippen LogP contribution in [0.2, 0.25) is 5.15 Å². The molecule has 0 bridgehead atoms. The van der Waals surface area contributed by atoms with Crippen LogP contribution in [0, 0.1) is 12.8 Å². The van der Waals surface area contributed by atoms with E-state index in [1.54, 1.807) is 4.52 Å². The number of nitrogens with zero attached hydrogens (tertiary/aromatic N) is 5. The Morgan fingerprint density at radius 1 is 1.38 bits per heavy atom. The molecule has 2 aromatic heterocycles. The lowest BCUT2D eigenvalue weighted by Gasteiger charge is -2.21. The van der Waals surface area contributed by atoms with Gasteiger partial charge in [0.15, 0.2) is 0 Å². The Labute approximate surface area is 129 Å². The number of hydrogen-bond acceptors (Lipinski definition) is 5. The molecule has 6 nitrogen and oxygen atoms in total. The molecular weight excluding hydrogens is 288 g/mol. The van der Waals surface area contributed by atoms with Gasteiger partial charge in [0, 0.05) is 18.7 Å². The normalized spacial score (nSPS) is 17.5. The van der Waals surface area contributed by atoms with Crippen molar-refractivity contribution >= 4 is 23.2 Å². The van der Waals surface area contributed by atoms with Gasteiger partial charge in [-0.2, -0.15) is 19.6 Å². The number of likely N-dealkylation sites (tertiary alicyclic amines) is 1. The molecular formula is C14H21ClN6. The molecule has 0 amide bonds. The molecule has 1 fully saturated rings. The fourth-order valence-electron chi connectivity index (χ4n) is 2.85. The van der Waals surface area contributed by atoms with E-state index in [1.165, 1.54) is 32.3 Å². The highest BCUT2D eigenvalue weighted by molar-refractivity contribution is 6.30. The molecule has 1 aliphatic heterocycles. The minimum Gasteiger partial charge on any atom is -0.369 e. The lowest BCUT2D eigenvalue weighted by Crippen LogP contribution is -2.29. The van der Waals surface area contributed by atoms with Crippen molar-refractivity contribution in [2.75, 3.05) is 31.5 Å². The van der Waals surface area contributed by atoms with E-state index in [1.807, 2.05) is 6.92 Å². The Balaban J connectivity index is 1.69. The highest BCUT2D eigenvalue weighted by Crippen LogP contribution is 2.22. The molecule has 2 aromatic rings. The molecule has 0 aromatic carbocycles. The molecule has 0 radical (unpaired) electrons. The predicted molar refractivity (Wildman–Crippen MR) is 83.9 cm³/mol. The fourth-order valence-corrected chi connectivity index (χ4v) is 3.01. The second-order valence-electron chi connectivity index (χ2n) is 5.84. The third kappa shape index (κ3) is 3.11. The molecule has 1 N–H and O–H groups in total. The van der Waals surface area contributed by atoms with E-state index >= 15 is 0 Å². The van der Waals surface area contributed by atoms with Crippen LogP contribution in [-0.2, 0) is 0 Å². The zero-order chi connectivity index (χ0) is 14.8. The van der Waals surface area contributed by atoms with E-state index in [0.29, 0.717) is 16.8 Å². The van der Waals surface area contributed by atoms with Gasteiger partial charge in [-0.15, -0.1) is 0 Å². The molecule has 1 atom stereocenters. The number of rotatable bonds is 5. The van der Waals surface area contributed by atoms with Crippen molar-refractivity contribution in [3.05, 3.63) is 17.0 Å². The molecule has 3 rings (SSSR count). The summed E-state index contributed by atoms with van der Waals surface area (Å²) in [4.78, 5) is 10.8. The van der Waals surface area contributed by atoms with Crippen LogP contribution in [0.3, 0.4) is 0 Å². The monoisotopic (exact) mass is 308 g/mol. The summed E-state index contributed by atoms with van der Waals surface area (Å²) >= 11 is 6.16. The van der Waals surface area contributed by atoms with Crippen LogP contribution in [0.5, 0.6) is 0 Å². The van der Waals surface area contributed by atoms with E-state index < -0.39 is 0 Å². The zero-order valence-electron chi connectivity index (χ0n) is 12.5. The zero-order valence-corrected chi connectivity index (χ0v) is 13.3. The maximum atomic E-state index is 6.16. The van der Waals surface area contributed by atoms with Gasteiger partial charge in [-0.05, 0) is 38.8 Å². The van der Waals surface area contributed by atoms with Gasteiger partial charge in [0.05, 0.1) is 0 Å². The van der Waals surface area contributed by atoms with Crippen LogP contribution in [-0.4, -0.2) is 50.7 Å². The lowest BCUT2D eigenvalue weighted by atomic mass is 10.1. The molecule has 0 spiro atoms. The van der Waals surface area contributed by atoms with Gasteiger partial charge in [-0.1, -0.05) is 18.5 Å². The SMILES string of the molecule is Cc1c(Cl)nc2ncnn2c1NCC(C)CN1CCCC1. The van der Waals surface area contributed by atoms with Crippen LogP contribution in [0.15, 0.2) is 6.33 Å². The van der Waals surface area contributed by atoms with Crippen LogP contribution in [0.25, 0.3) is 5.78 Å². The summed E-state index contributed by atoms with van der Waals surface area (Å²) in [6.07, 6.45) is 4.16. The summed E-state index contributed by atoms with van der Waals surface area (Å²) in [6.45, 7) is 8.69. The summed E-state index contributed by atoms with van der Waals surface area (Å²) in [5.74, 6) is 1.98. The minimum absolute atomic E-state index is 0.477. The Kier molecular flexibility index (Phi) is 4.26. The quantitative estimate of drug-likeness (QED) is 0.858. The van der Waals surface area contributed by atoms with Crippen LogP contribution < -0.4 is 5.32 Å². The Morgan fingerprint density at radius 2 is 2.14 bits per heavy atom. The smallest absolute Gasteiger partial charge is 0.255 e. The maximum absolute atomic E-state index is 6.16. The van der Waals surface area contributed by atoms with Crippen LogP contribution >= 0.6 is 11.6 Å². The summed E-state index contributed by atoms with van der Waals surface area (Å²) in [6, 6.07) is 0. The number of hydrogen-bond donors (Lipinski definition) is 1. The molecule has 1 aliphatic rings. The van der Waals surface area contributed by atoms with Crippen LogP contribution in [0.1, 0.15) is 25.3 Å². The largest absolute Gasteiger partial charge is 0.369 e. The molecule has 114 valence electrons. The minimum atomic E-state index is 0.477. The van der Waals surface area contributed by atoms with Crippen molar-refractivity contribution in [2.45, 2.75) is 26.7 Å². The van der Waals surface area contributed by atoms with Gasteiger partial charge < -0.3 is 10.2 Å². The summed E-state index contributed by atoms with van der Waals surface area (Å²) in [5, 5.41) is 8.16. The van der Waals surface area contributed by atoms with Crippen molar-refractivity contribution in [2.24, 2.45) is 5.92 Å². The number of halogens is 1. The van der Waals surface area contributed by atoms with Crippen molar-refractivity contribution in [1.29, 1.82) is 0 Å². The Bertz CT molecular complexity index is 619. The van der Waals surface area contributed by atoms with Crippen molar-refractivity contribution in [3.8, 4) is 0 Å². The first-order valence-corrected chi connectivity index (χ1v) is 7.85. The highest BCUT2D eigenvalue weighted by atomic mass is 35.5.